The molecule has 1 heterocycles. The largest absolute Gasteiger partial charge is 0.397 e. The van der Waals surface area contributed by atoms with Gasteiger partial charge < -0.3 is 10.6 Å². The Balaban J connectivity index is 2.25. The van der Waals surface area contributed by atoms with Crippen LogP contribution in [0.1, 0.15) is 12.0 Å². The highest BCUT2D eigenvalue weighted by atomic mass is 79.9. The summed E-state index contributed by atoms with van der Waals surface area (Å²) in [6, 6.07) is 11.9. The van der Waals surface area contributed by atoms with Gasteiger partial charge in [-0.2, -0.15) is 5.26 Å². The first-order valence-electron chi connectivity index (χ1n) is 6.26. The summed E-state index contributed by atoms with van der Waals surface area (Å²) < 4.78 is 0.945. The van der Waals surface area contributed by atoms with Gasteiger partial charge in [-0.25, -0.2) is 0 Å². The fourth-order valence-electron chi connectivity index (χ4n) is 2.00. The first-order valence-corrected chi connectivity index (χ1v) is 7.06. The van der Waals surface area contributed by atoms with Gasteiger partial charge in [0.25, 0.3) is 0 Å². The number of hydrogen-bond acceptors (Lipinski definition) is 4. The first-order chi connectivity index (χ1) is 9.70. The molecular formula is C15H15BrN4. The van der Waals surface area contributed by atoms with Gasteiger partial charge in [-0.1, -0.05) is 22.0 Å². The van der Waals surface area contributed by atoms with E-state index in [9.17, 15) is 0 Å². The fourth-order valence-corrected chi connectivity index (χ4v) is 2.37. The van der Waals surface area contributed by atoms with Crippen LogP contribution in [0.25, 0.3) is 0 Å². The molecule has 0 radical (unpaired) electrons. The number of rotatable bonds is 5. The highest BCUT2D eigenvalue weighted by Gasteiger charge is 2.11. The fraction of sp³-hybridized carbons (Fsp3) is 0.200. The standard InChI is InChI=1S/C15H15BrN4/c16-13-4-5-15(14(18)9-13)20(8-2-6-17)11-12-3-1-7-19-10-12/h1,3-5,7,9-10H,2,8,11,18H2. The maximum atomic E-state index is 8.81. The molecule has 20 heavy (non-hydrogen) atoms. The molecule has 0 aliphatic heterocycles. The molecule has 4 nitrogen and oxygen atoms in total. The van der Waals surface area contributed by atoms with E-state index in [4.69, 9.17) is 11.0 Å². The molecule has 0 saturated heterocycles. The van der Waals surface area contributed by atoms with Crippen LogP contribution in [0, 0.1) is 11.3 Å². The maximum Gasteiger partial charge on any atom is 0.0640 e. The second-order valence-electron chi connectivity index (χ2n) is 4.39. The van der Waals surface area contributed by atoms with Gasteiger partial charge in [0.05, 0.1) is 23.9 Å². The Kier molecular flexibility index (Phi) is 4.97. The van der Waals surface area contributed by atoms with E-state index in [0.29, 0.717) is 25.2 Å². The highest BCUT2D eigenvalue weighted by Crippen LogP contribution is 2.28. The van der Waals surface area contributed by atoms with Gasteiger partial charge in [-0.3, -0.25) is 4.98 Å². The van der Waals surface area contributed by atoms with Crippen molar-refractivity contribution in [3.8, 4) is 6.07 Å². The molecule has 0 bridgehead atoms. The summed E-state index contributed by atoms with van der Waals surface area (Å²) in [5.74, 6) is 0. The van der Waals surface area contributed by atoms with Gasteiger partial charge in [-0.05, 0) is 29.8 Å². The Bertz CT molecular complexity index is 607. The third-order valence-electron chi connectivity index (χ3n) is 2.92. The second-order valence-corrected chi connectivity index (χ2v) is 5.31. The molecule has 0 saturated carbocycles. The Hall–Kier alpha value is -2.06. The predicted octanol–water partition coefficient (Wildman–Crippen LogP) is 3.35. The van der Waals surface area contributed by atoms with Crippen molar-refractivity contribution in [1.29, 1.82) is 5.26 Å². The lowest BCUT2D eigenvalue weighted by Gasteiger charge is -2.25. The van der Waals surface area contributed by atoms with Crippen LogP contribution in [0.4, 0.5) is 11.4 Å². The maximum absolute atomic E-state index is 8.81. The van der Waals surface area contributed by atoms with E-state index in [1.807, 2.05) is 36.5 Å². The average Bonchev–Trinajstić information content (AvgIpc) is 2.45. The van der Waals surface area contributed by atoms with Crippen LogP contribution in [0.2, 0.25) is 0 Å². The van der Waals surface area contributed by atoms with Crippen LogP contribution < -0.4 is 10.6 Å². The van der Waals surface area contributed by atoms with Crippen molar-refractivity contribution in [3.63, 3.8) is 0 Å². The van der Waals surface area contributed by atoms with Crippen molar-refractivity contribution in [2.24, 2.45) is 0 Å². The van der Waals surface area contributed by atoms with Crippen molar-refractivity contribution >= 4 is 27.3 Å². The summed E-state index contributed by atoms with van der Waals surface area (Å²) in [7, 11) is 0. The molecule has 0 atom stereocenters. The average molecular weight is 331 g/mol. The molecule has 1 aromatic heterocycles. The number of hydrogen-bond donors (Lipinski definition) is 1. The van der Waals surface area contributed by atoms with Crippen LogP contribution in [-0.4, -0.2) is 11.5 Å². The van der Waals surface area contributed by atoms with E-state index in [2.05, 4.69) is 31.9 Å². The Morgan fingerprint density at radius 1 is 1.35 bits per heavy atom. The summed E-state index contributed by atoms with van der Waals surface area (Å²) in [4.78, 5) is 6.22. The number of nitrogens with two attached hydrogens (primary N) is 1. The van der Waals surface area contributed by atoms with E-state index in [1.54, 1.807) is 6.20 Å². The van der Waals surface area contributed by atoms with Crippen molar-refractivity contribution in [1.82, 2.24) is 4.98 Å². The van der Waals surface area contributed by atoms with Crippen molar-refractivity contribution in [2.75, 3.05) is 17.2 Å². The van der Waals surface area contributed by atoms with E-state index >= 15 is 0 Å². The molecule has 1 aromatic carbocycles. The number of nitrogens with zero attached hydrogens (tertiary/aromatic N) is 3. The molecule has 0 fully saturated rings. The van der Waals surface area contributed by atoms with Crippen LogP contribution in [0.3, 0.4) is 0 Å². The number of halogens is 1. The normalized spacial score (nSPS) is 10.0. The summed E-state index contributed by atoms with van der Waals surface area (Å²) in [5, 5.41) is 8.81. The van der Waals surface area contributed by atoms with Gasteiger partial charge in [0.2, 0.25) is 0 Å². The van der Waals surface area contributed by atoms with Crippen LogP contribution in [0.5, 0.6) is 0 Å². The number of benzene rings is 1. The predicted molar refractivity (Wildman–Crippen MR) is 84.1 cm³/mol. The number of nitrogen functional groups attached to an aromatic ring is 1. The van der Waals surface area contributed by atoms with Crippen LogP contribution >= 0.6 is 15.9 Å². The number of anilines is 2. The van der Waals surface area contributed by atoms with Crippen LogP contribution in [-0.2, 0) is 6.54 Å². The number of nitriles is 1. The Morgan fingerprint density at radius 3 is 2.85 bits per heavy atom. The van der Waals surface area contributed by atoms with Gasteiger partial charge in [0.15, 0.2) is 0 Å². The minimum Gasteiger partial charge on any atom is -0.397 e. The molecule has 102 valence electrons. The number of aromatic nitrogens is 1. The molecule has 2 N–H and O–H groups in total. The first kappa shape index (κ1) is 14.4. The zero-order valence-corrected chi connectivity index (χ0v) is 12.5. The lowest BCUT2D eigenvalue weighted by molar-refractivity contribution is 0.796. The monoisotopic (exact) mass is 330 g/mol. The van der Waals surface area contributed by atoms with Crippen molar-refractivity contribution in [3.05, 3.63) is 52.8 Å². The van der Waals surface area contributed by atoms with Crippen molar-refractivity contribution < 1.29 is 0 Å². The molecule has 0 amide bonds. The summed E-state index contributed by atoms with van der Waals surface area (Å²) in [5.41, 5.74) is 8.80. The Morgan fingerprint density at radius 2 is 2.20 bits per heavy atom. The third kappa shape index (κ3) is 3.72. The zero-order valence-electron chi connectivity index (χ0n) is 11.0. The molecule has 5 heteroatoms. The smallest absolute Gasteiger partial charge is 0.0640 e. The number of pyridine rings is 1. The lowest BCUT2D eigenvalue weighted by atomic mass is 10.2. The van der Waals surface area contributed by atoms with Crippen LogP contribution in [0.15, 0.2) is 47.2 Å². The minimum absolute atomic E-state index is 0.454. The molecule has 0 unspecified atom stereocenters. The molecule has 2 aromatic rings. The minimum atomic E-state index is 0.454. The summed E-state index contributed by atoms with van der Waals surface area (Å²) >= 11 is 3.40. The highest BCUT2D eigenvalue weighted by molar-refractivity contribution is 9.10. The van der Waals surface area contributed by atoms with E-state index < -0.39 is 0 Å². The molecule has 0 aliphatic rings. The zero-order chi connectivity index (χ0) is 14.4. The molecular weight excluding hydrogens is 316 g/mol. The van der Waals surface area contributed by atoms with E-state index in [-0.39, 0.29) is 0 Å². The molecule has 0 aliphatic carbocycles. The van der Waals surface area contributed by atoms with Gasteiger partial charge in [0, 0.05) is 30.0 Å². The lowest BCUT2D eigenvalue weighted by Crippen LogP contribution is -2.24. The Labute approximate surface area is 127 Å². The van der Waals surface area contributed by atoms with E-state index in [1.165, 1.54) is 0 Å². The molecule has 0 spiro atoms. The van der Waals surface area contributed by atoms with Gasteiger partial charge >= 0.3 is 0 Å². The second kappa shape index (κ2) is 6.92. The molecule has 2 rings (SSSR count). The quantitative estimate of drug-likeness (QED) is 0.854. The topological polar surface area (TPSA) is 65.9 Å². The van der Waals surface area contributed by atoms with Gasteiger partial charge in [-0.15, -0.1) is 0 Å². The third-order valence-corrected chi connectivity index (χ3v) is 3.41. The van der Waals surface area contributed by atoms with Gasteiger partial charge in [0.1, 0.15) is 0 Å². The van der Waals surface area contributed by atoms with E-state index in [0.717, 1.165) is 15.7 Å². The van der Waals surface area contributed by atoms with Crippen molar-refractivity contribution in [2.45, 2.75) is 13.0 Å². The SMILES string of the molecule is N#CCCN(Cc1cccnc1)c1ccc(Br)cc1N. The summed E-state index contributed by atoms with van der Waals surface area (Å²) in [6.07, 6.45) is 4.03. The summed E-state index contributed by atoms with van der Waals surface area (Å²) in [6.45, 7) is 1.32.